The summed E-state index contributed by atoms with van der Waals surface area (Å²) >= 11 is 0. The number of aliphatic hydroxyl groups is 1. The first-order valence-corrected chi connectivity index (χ1v) is 4.62. The first-order chi connectivity index (χ1) is 7.17. The Bertz CT molecular complexity index is 350. The Morgan fingerprint density at radius 3 is 2.80 bits per heavy atom. The van der Waals surface area contributed by atoms with Gasteiger partial charge in [-0.25, -0.2) is 4.39 Å². The summed E-state index contributed by atoms with van der Waals surface area (Å²) in [5.41, 5.74) is 0.979. The number of halogens is 1. The van der Waals surface area contributed by atoms with Crippen LogP contribution in [-0.4, -0.2) is 18.2 Å². The molecule has 0 aliphatic heterocycles. The molecule has 1 aromatic carbocycles. The predicted molar refractivity (Wildman–Crippen MR) is 52.7 cm³/mol. The van der Waals surface area contributed by atoms with Crippen LogP contribution in [0.5, 0.6) is 0 Å². The second-order valence-corrected chi connectivity index (χ2v) is 3.16. The Hall–Kier alpha value is -1.42. The number of aliphatic hydroxyl groups excluding tert-OH is 1. The third-order valence-corrected chi connectivity index (χ3v) is 2.13. The lowest BCUT2D eigenvalue weighted by Gasteiger charge is -2.03. The molecule has 0 radical (unpaired) electrons. The summed E-state index contributed by atoms with van der Waals surface area (Å²) in [6, 6.07) is 4.54. The van der Waals surface area contributed by atoms with Crippen LogP contribution in [0.25, 0.3) is 0 Å². The van der Waals surface area contributed by atoms with Crippen LogP contribution in [0.2, 0.25) is 0 Å². The molecule has 0 saturated carbocycles. The third kappa shape index (κ3) is 3.32. The molecule has 1 aromatic rings. The maximum Gasteiger partial charge on any atom is 0.305 e. The standard InChI is InChI=1S/C11H13FO3/c1-15-11(14)5-3-8-2-4-9(7-13)10(12)6-8/h2,4,6,13H,3,5,7H2,1H3. The summed E-state index contributed by atoms with van der Waals surface area (Å²) in [4.78, 5) is 10.8. The maximum absolute atomic E-state index is 13.2. The van der Waals surface area contributed by atoms with Crippen molar-refractivity contribution < 1.29 is 19.0 Å². The molecule has 82 valence electrons. The molecular formula is C11H13FO3. The van der Waals surface area contributed by atoms with E-state index in [1.54, 1.807) is 6.07 Å². The fourth-order valence-electron chi connectivity index (χ4n) is 1.22. The summed E-state index contributed by atoms with van der Waals surface area (Å²) < 4.78 is 17.7. The average Bonchev–Trinajstić information content (AvgIpc) is 2.26. The van der Waals surface area contributed by atoms with Crippen LogP contribution in [-0.2, 0) is 22.6 Å². The van der Waals surface area contributed by atoms with Crippen molar-refractivity contribution in [3.63, 3.8) is 0 Å². The van der Waals surface area contributed by atoms with Crippen molar-refractivity contribution in [2.75, 3.05) is 7.11 Å². The van der Waals surface area contributed by atoms with Crippen LogP contribution >= 0.6 is 0 Å². The summed E-state index contributed by atoms with van der Waals surface area (Å²) in [6.45, 7) is -0.316. The number of benzene rings is 1. The largest absolute Gasteiger partial charge is 0.469 e. The summed E-state index contributed by atoms with van der Waals surface area (Å²) in [6.07, 6.45) is 0.670. The molecule has 0 aliphatic rings. The zero-order valence-electron chi connectivity index (χ0n) is 8.50. The van der Waals surface area contributed by atoms with E-state index in [0.29, 0.717) is 6.42 Å². The second kappa shape index (κ2) is 5.46. The van der Waals surface area contributed by atoms with Gasteiger partial charge < -0.3 is 9.84 Å². The zero-order chi connectivity index (χ0) is 11.3. The summed E-state index contributed by atoms with van der Waals surface area (Å²) in [7, 11) is 1.32. The van der Waals surface area contributed by atoms with Gasteiger partial charge in [-0.05, 0) is 18.1 Å². The molecule has 0 spiro atoms. The van der Waals surface area contributed by atoms with Crippen molar-refractivity contribution in [1.82, 2.24) is 0 Å². The average molecular weight is 212 g/mol. The first-order valence-electron chi connectivity index (χ1n) is 4.62. The summed E-state index contributed by atoms with van der Waals surface area (Å²) in [5.74, 6) is -0.762. The van der Waals surface area contributed by atoms with E-state index in [9.17, 15) is 9.18 Å². The normalized spacial score (nSPS) is 10.1. The minimum atomic E-state index is -0.445. The highest BCUT2D eigenvalue weighted by Crippen LogP contribution is 2.12. The molecule has 0 heterocycles. The topological polar surface area (TPSA) is 46.5 Å². The van der Waals surface area contributed by atoms with Crippen LogP contribution in [0.3, 0.4) is 0 Å². The number of carbonyl (C=O) groups excluding carboxylic acids is 1. The molecule has 3 nitrogen and oxygen atoms in total. The molecular weight excluding hydrogens is 199 g/mol. The lowest BCUT2D eigenvalue weighted by molar-refractivity contribution is -0.140. The smallest absolute Gasteiger partial charge is 0.305 e. The molecule has 0 saturated heterocycles. The maximum atomic E-state index is 13.2. The third-order valence-electron chi connectivity index (χ3n) is 2.13. The van der Waals surface area contributed by atoms with Gasteiger partial charge in [-0.15, -0.1) is 0 Å². The van der Waals surface area contributed by atoms with Crippen LogP contribution in [0.1, 0.15) is 17.5 Å². The van der Waals surface area contributed by atoms with E-state index in [-0.39, 0.29) is 24.6 Å². The Balaban J connectivity index is 2.63. The number of rotatable bonds is 4. The number of aryl methyl sites for hydroxylation is 1. The molecule has 1 N–H and O–H groups in total. The van der Waals surface area contributed by atoms with E-state index in [2.05, 4.69) is 4.74 Å². The number of hydrogen-bond acceptors (Lipinski definition) is 3. The minimum absolute atomic E-state index is 0.231. The molecule has 4 heteroatoms. The van der Waals surface area contributed by atoms with Gasteiger partial charge in [-0.1, -0.05) is 12.1 Å². The van der Waals surface area contributed by atoms with Gasteiger partial charge in [0.15, 0.2) is 0 Å². The van der Waals surface area contributed by atoms with Crippen molar-refractivity contribution in [3.05, 3.63) is 35.1 Å². The van der Waals surface area contributed by atoms with Gasteiger partial charge in [-0.2, -0.15) is 0 Å². The Labute approximate surface area is 87.5 Å². The van der Waals surface area contributed by atoms with E-state index in [4.69, 9.17) is 5.11 Å². The molecule has 0 aliphatic carbocycles. The summed E-state index contributed by atoms with van der Waals surface area (Å²) in [5, 5.41) is 8.75. The van der Waals surface area contributed by atoms with Gasteiger partial charge in [0.25, 0.3) is 0 Å². The van der Waals surface area contributed by atoms with Crippen LogP contribution < -0.4 is 0 Å². The Kier molecular flexibility index (Phi) is 4.24. The lowest BCUT2D eigenvalue weighted by atomic mass is 10.1. The van der Waals surface area contributed by atoms with Crippen LogP contribution in [0, 0.1) is 5.82 Å². The molecule has 0 aromatic heterocycles. The van der Waals surface area contributed by atoms with E-state index in [1.165, 1.54) is 19.2 Å². The van der Waals surface area contributed by atoms with Gasteiger partial charge in [0, 0.05) is 12.0 Å². The number of hydrogen-bond donors (Lipinski definition) is 1. The van der Waals surface area contributed by atoms with E-state index in [1.807, 2.05) is 0 Å². The van der Waals surface area contributed by atoms with E-state index < -0.39 is 5.82 Å². The minimum Gasteiger partial charge on any atom is -0.469 e. The SMILES string of the molecule is COC(=O)CCc1ccc(CO)c(F)c1. The Morgan fingerprint density at radius 1 is 1.53 bits per heavy atom. The highest BCUT2D eigenvalue weighted by Gasteiger charge is 2.05. The fraction of sp³-hybridized carbons (Fsp3) is 0.364. The van der Waals surface area contributed by atoms with Crippen molar-refractivity contribution in [2.24, 2.45) is 0 Å². The molecule has 0 atom stereocenters. The zero-order valence-corrected chi connectivity index (χ0v) is 8.50. The van der Waals surface area contributed by atoms with Crippen molar-refractivity contribution in [1.29, 1.82) is 0 Å². The van der Waals surface area contributed by atoms with E-state index >= 15 is 0 Å². The van der Waals surface area contributed by atoms with Crippen molar-refractivity contribution in [3.8, 4) is 0 Å². The van der Waals surface area contributed by atoms with Crippen molar-refractivity contribution in [2.45, 2.75) is 19.4 Å². The van der Waals surface area contributed by atoms with Gasteiger partial charge in [0.05, 0.1) is 13.7 Å². The monoisotopic (exact) mass is 212 g/mol. The molecule has 0 amide bonds. The second-order valence-electron chi connectivity index (χ2n) is 3.16. The fourth-order valence-corrected chi connectivity index (χ4v) is 1.22. The lowest BCUT2D eigenvalue weighted by Crippen LogP contribution is -2.02. The Morgan fingerprint density at radius 2 is 2.27 bits per heavy atom. The number of methoxy groups -OCH3 is 1. The highest BCUT2D eigenvalue weighted by molar-refractivity contribution is 5.69. The molecule has 0 unspecified atom stereocenters. The van der Waals surface area contributed by atoms with Crippen molar-refractivity contribution >= 4 is 5.97 Å². The quantitative estimate of drug-likeness (QED) is 0.768. The number of esters is 1. The predicted octanol–water partition coefficient (Wildman–Crippen LogP) is 1.42. The van der Waals surface area contributed by atoms with Gasteiger partial charge in [0.2, 0.25) is 0 Å². The van der Waals surface area contributed by atoms with Crippen LogP contribution in [0.4, 0.5) is 4.39 Å². The van der Waals surface area contributed by atoms with E-state index in [0.717, 1.165) is 5.56 Å². The van der Waals surface area contributed by atoms with Gasteiger partial charge in [0.1, 0.15) is 5.82 Å². The number of carbonyl (C=O) groups is 1. The molecule has 15 heavy (non-hydrogen) atoms. The number of ether oxygens (including phenoxy) is 1. The molecule has 0 fully saturated rings. The van der Waals surface area contributed by atoms with Gasteiger partial charge in [-0.3, -0.25) is 4.79 Å². The van der Waals surface area contributed by atoms with Gasteiger partial charge >= 0.3 is 5.97 Å². The van der Waals surface area contributed by atoms with Crippen LogP contribution in [0.15, 0.2) is 18.2 Å². The molecule has 0 bridgehead atoms. The first kappa shape index (κ1) is 11.7. The highest BCUT2D eigenvalue weighted by atomic mass is 19.1. The molecule has 1 rings (SSSR count).